The van der Waals surface area contributed by atoms with Crippen LogP contribution in [0.3, 0.4) is 0 Å². The van der Waals surface area contributed by atoms with Crippen molar-refractivity contribution < 1.29 is 0 Å². The Balaban J connectivity index is 0. The van der Waals surface area contributed by atoms with Gasteiger partial charge in [-0.1, -0.05) is 61.7 Å². The fourth-order valence-corrected chi connectivity index (χ4v) is 1.46. The third-order valence-electron chi connectivity index (χ3n) is 1.25. The lowest BCUT2D eigenvalue weighted by atomic mass is 10.4. The minimum absolute atomic E-state index is 0.0913. The molecule has 0 aliphatic rings. The second-order valence-corrected chi connectivity index (χ2v) is 5.48. The maximum Gasteiger partial charge on any atom is 0.0516 e. The van der Waals surface area contributed by atoms with Crippen molar-refractivity contribution in [1.82, 2.24) is 0 Å². The first-order valence-corrected chi connectivity index (χ1v) is 12.3. The molecule has 3 heteroatoms. The van der Waals surface area contributed by atoms with Crippen LogP contribution >= 0.6 is 0 Å². The molecular weight excluding hydrogens is 204 g/mol. The highest BCUT2D eigenvalue weighted by Crippen LogP contribution is 1.79. The topological polar surface area (TPSA) is 0 Å². The van der Waals surface area contributed by atoms with Crippen LogP contribution in [0.2, 0.25) is 26.2 Å². The molecule has 0 saturated carbocycles. The minimum Gasteiger partial charge on any atom is -0.0777 e. The van der Waals surface area contributed by atoms with Gasteiger partial charge < -0.3 is 0 Å². The van der Waals surface area contributed by atoms with Gasteiger partial charge in [0.1, 0.15) is 0 Å². The lowest BCUT2D eigenvalue weighted by molar-refractivity contribution is 1.77. The molecule has 13 heavy (non-hydrogen) atoms. The molecule has 0 amide bonds. The van der Waals surface area contributed by atoms with Gasteiger partial charge >= 0.3 is 0 Å². The molecule has 1 rings (SSSR count). The Labute approximate surface area is 91.2 Å². The van der Waals surface area contributed by atoms with E-state index in [-0.39, 0.29) is 9.52 Å². The summed E-state index contributed by atoms with van der Waals surface area (Å²) in [5.41, 5.74) is 0. The van der Waals surface area contributed by atoms with Crippen LogP contribution in [0, 0.1) is 0 Å². The summed E-state index contributed by atoms with van der Waals surface area (Å²) in [4.78, 5) is 0. The van der Waals surface area contributed by atoms with Crippen LogP contribution in [-0.2, 0) is 0 Å². The van der Waals surface area contributed by atoms with Crippen molar-refractivity contribution in [3.63, 3.8) is 0 Å². The summed E-state index contributed by atoms with van der Waals surface area (Å²) in [7, 11) is 1.81. The molecule has 0 unspecified atom stereocenters. The summed E-state index contributed by atoms with van der Waals surface area (Å²) >= 11 is 0. The molecule has 76 valence electrons. The second kappa shape index (κ2) is 14.4. The van der Waals surface area contributed by atoms with Gasteiger partial charge in [-0.25, -0.2) is 0 Å². The summed E-state index contributed by atoms with van der Waals surface area (Å²) in [5.74, 6) is 0. The van der Waals surface area contributed by atoms with Gasteiger partial charge in [0, 0.05) is 9.52 Å². The van der Waals surface area contributed by atoms with E-state index in [0.717, 1.165) is 0 Å². The van der Waals surface area contributed by atoms with Gasteiger partial charge in [0.25, 0.3) is 0 Å². The lowest BCUT2D eigenvalue weighted by Gasteiger charge is -1.89. The number of rotatable bonds is 1. The molecular formula is C10H24Si3. The number of hydrogen-bond acceptors (Lipinski definition) is 0. The highest BCUT2D eigenvalue weighted by molar-refractivity contribution is 6.51. The zero-order valence-corrected chi connectivity index (χ0v) is 14.6. The predicted molar refractivity (Wildman–Crippen MR) is 76.6 cm³/mol. The Hall–Kier alpha value is -0.129. The molecule has 0 N–H and O–H groups in total. The van der Waals surface area contributed by atoms with Crippen molar-refractivity contribution >= 4 is 34.5 Å². The van der Waals surface area contributed by atoms with E-state index in [1.807, 2.05) is 0 Å². The van der Waals surface area contributed by atoms with Gasteiger partial charge in [0.2, 0.25) is 0 Å². The maximum absolute atomic E-state index is 2.30. The summed E-state index contributed by atoms with van der Waals surface area (Å²) in [6.07, 6.45) is 0. The first-order chi connectivity index (χ1) is 6.35. The van der Waals surface area contributed by atoms with E-state index in [1.165, 1.54) is 10.2 Å². The molecule has 0 aliphatic heterocycles. The Kier molecular flexibility index (Phi) is 17.0. The average Bonchev–Trinajstić information content (AvgIpc) is 2.23. The lowest BCUT2D eigenvalue weighted by Crippen LogP contribution is -2.07. The molecule has 0 nitrogen and oxygen atoms in total. The summed E-state index contributed by atoms with van der Waals surface area (Å²) in [6.45, 7) is 8.97. The molecule has 0 radical (unpaired) electrons. The molecule has 0 atom stereocenters. The normalized spacial score (nSPS) is 8.62. The predicted octanol–water partition coefficient (Wildman–Crippen LogP) is 0.180. The Bertz CT molecular complexity index is 163. The van der Waals surface area contributed by atoms with E-state index in [2.05, 4.69) is 56.5 Å². The van der Waals surface area contributed by atoms with Crippen LogP contribution < -0.4 is 5.19 Å². The van der Waals surface area contributed by atoms with Gasteiger partial charge in [-0.05, 0) is 10.2 Å². The van der Waals surface area contributed by atoms with E-state index in [4.69, 9.17) is 0 Å². The molecule has 0 fully saturated rings. The van der Waals surface area contributed by atoms with Crippen LogP contribution in [0.1, 0.15) is 0 Å². The Morgan fingerprint density at radius 2 is 1.31 bits per heavy atom. The van der Waals surface area contributed by atoms with Gasteiger partial charge in [-0.2, -0.15) is 0 Å². The minimum atomic E-state index is 0.0913. The SMILES string of the molecule is C[SiH2]C.C[SiH2]c1ccccc1.C[SiH3]. The maximum atomic E-state index is 2.30. The summed E-state index contributed by atoms with van der Waals surface area (Å²) in [6, 6.07) is 10.7. The zero-order chi connectivity index (χ0) is 10.5. The van der Waals surface area contributed by atoms with E-state index in [0.29, 0.717) is 9.52 Å². The quantitative estimate of drug-likeness (QED) is 0.602. The molecule has 1 aromatic rings. The van der Waals surface area contributed by atoms with Gasteiger partial charge in [0.05, 0.1) is 9.52 Å². The van der Waals surface area contributed by atoms with Crippen molar-refractivity contribution in [3.8, 4) is 0 Å². The van der Waals surface area contributed by atoms with E-state index in [9.17, 15) is 0 Å². The van der Waals surface area contributed by atoms with Crippen LogP contribution in [-0.4, -0.2) is 29.3 Å². The smallest absolute Gasteiger partial charge is 0.0516 e. The van der Waals surface area contributed by atoms with Crippen LogP contribution in [0.15, 0.2) is 30.3 Å². The Morgan fingerprint density at radius 3 is 1.54 bits per heavy atom. The third-order valence-corrected chi connectivity index (χ3v) is 2.54. The molecule has 0 heterocycles. The van der Waals surface area contributed by atoms with Crippen molar-refractivity contribution in [1.29, 1.82) is 0 Å². The molecule has 0 aromatic heterocycles. The number of benzene rings is 1. The zero-order valence-electron chi connectivity index (χ0n) is 9.80. The fraction of sp³-hybridized carbons (Fsp3) is 0.400. The monoisotopic (exact) mass is 228 g/mol. The second-order valence-electron chi connectivity index (χ2n) is 2.55. The highest BCUT2D eigenvalue weighted by atomic mass is 28.2. The van der Waals surface area contributed by atoms with Crippen LogP contribution in [0.25, 0.3) is 0 Å². The van der Waals surface area contributed by atoms with Gasteiger partial charge in [0.15, 0.2) is 0 Å². The van der Waals surface area contributed by atoms with Crippen molar-refractivity contribution in [3.05, 3.63) is 30.3 Å². The van der Waals surface area contributed by atoms with Crippen molar-refractivity contribution in [2.75, 3.05) is 0 Å². The molecule has 0 spiro atoms. The van der Waals surface area contributed by atoms with Crippen LogP contribution in [0.5, 0.6) is 0 Å². The average molecular weight is 229 g/mol. The fourth-order valence-electron chi connectivity index (χ4n) is 0.714. The van der Waals surface area contributed by atoms with Gasteiger partial charge in [-0.3, -0.25) is 0 Å². The largest absolute Gasteiger partial charge is 0.0777 e. The first-order valence-electron chi connectivity index (χ1n) is 5.39. The molecule has 0 saturated heterocycles. The summed E-state index contributed by atoms with van der Waals surface area (Å²) in [5, 5.41) is 1.55. The number of hydrogen-bond donors (Lipinski definition) is 0. The Morgan fingerprint density at radius 1 is 0.923 bits per heavy atom. The van der Waals surface area contributed by atoms with Crippen LogP contribution in [0.4, 0.5) is 0 Å². The summed E-state index contributed by atoms with van der Waals surface area (Å²) < 4.78 is 0. The first kappa shape index (κ1) is 15.3. The van der Waals surface area contributed by atoms with E-state index in [1.54, 1.807) is 5.19 Å². The van der Waals surface area contributed by atoms with E-state index < -0.39 is 0 Å². The van der Waals surface area contributed by atoms with E-state index >= 15 is 0 Å². The van der Waals surface area contributed by atoms with Crippen molar-refractivity contribution in [2.45, 2.75) is 26.2 Å². The van der Waals surface area contributed by atoms with Crippen molar-refractivity contribution in [2.24, 2.45) is 0 Å². The standard InChI is InChI=1S/C7H10Si.C2H8Si.CH6Si/c1-8-7-5-3-2-4-6-7;1-3-2;1-2/h2-6H,8H2,1H3;3H2,1-2H3;1-2H3. The third kappa shape index (κ3) is 11.9. The molecule has 1 aromatic carbocycles. The molecule has 0 bridgehead atoms. The molecule has 0 aliphatic carbocycles. The highest BCUT2D eigenvalue weighted by Gasteiger charge is 1.80. The van der Waals surface area contributed by atoms with Gasteiger partial charge in [-0.15, -0.1) is 0 Å².